The first-order chi connectivity index (χ1) is 7.72. The maximum Gasteiger partial charge on any atom is 0.0996 e. The molecule has 0 aliphatic rings. The number of rotatable bonds is 7. The Morgan fingerprint density at radius 2 is 2.25 bits per heavy atom. The van der Waals surface area contributed by atoms with Crippen LogP contribution in [0, 0.1) is 5.92 Å². The van der Waals surface area contributed by atoms with E-state index in [-0.39, 0.29) is 0 Å². The van der Waals surface area contributed by atoms with Gasteiger partial charge in [-0.05, 0) is 19.4 Å². The highest BCUT2D eigenvalue weighted by Gasteiger charge is 2.12. The van der Waals surface area contributed by atoms with E-state index in [1.807, 2.05) is 11.7 Å². The molecule has 16 heavy (non-hydrogen) atoms. The van der Waals surface area contributed by atoms with Crippen molar-refractivity contribution in [1.82, 2.24) is 20.3 Å². The average molecular weight is 226 g/mol. The maximum absolute atomic E-state index is 5.13. The number of methoxy groups -OCH3 is 1. The first kappa shape index (κ1) is 13.1. The minimum Gasteiger partial charge on any atom is -0.384 e. The van der Waals surface area contributed by atoms with E-state index < -0.39 is 0 Å². The molecular weight excluding hydrogens is 204 g/mol. The zero-order valence-electron chi connectivity index (χ0n) is 10.7. The summed E-state index contributed by atoms with van der Waals surface area (Å²) in [6.45, 7) is 6.69. The molecule has 1 unspecified atom stereocenters. The Bertz CT molecular complexity index is 311. The van der Waals surface area contributed by atoms with Crippen molar-refractivity contribution in [3.8, 4) is 0 Å². The maximum atomic E-state index is 5.13. The third-order valence-corrected chi connectivity index (χ3v) is 2.53. The quantitative estimate of drug-likeness (QED) is 0.748. The zero-order valence-corrected chi connectivity index (χ0v) is 10.7. The molecule has 5 heteroatoms. The van der Waals surface area contributed by atoms with Crippen molar-refractivity contribution < 1.29 is 4.74 Å². The Balaban J connectivity index is 2.71. The highest BCUT2D eigenvalue weighted by atomic mass is 16.5. The van der Waals surface area contributed by atoms with Gasteiger partial charge in [-0.3, -0.25) is 0 Å². The Kier molecular flexibility index (Phi) is 5.42. The van der Waals surface area contributed by atoms with Crippen LogP contribution in [0.4, 0.5) is 0 Å². The van der Waals surface area contributed by atoms with Crippen molar-refractivity contribution >= 4 is 0 Å². The van der Waals surface area contributed by atoms with Gasteiger partial charge in [-0.15, -0.1) is 5.10 Å². The summed E-state index contributed by atoms with van der Waals surface area (Å²) >= 11 is 0. The van der Waals surface area contributed by atoms with E-state index in [0.717, 1.165) is 31.8 Å². The van der Waals surface area contributed by atoms with E-state index in [9.17, 15) is 0 Å². The highest BCUT2D eigenvalue weighted by molar-refractivity contribution is 5.09. The van der Waals surface area contributed by atoms with Gasteiger partial charge in [-0.2, -0.15) is 0 Å². The van der Waals surface area contributed by atoms with Gasteiger partial charge < -0.3 is 10.1 Å². The lowest BCUT2D eigenvalue weighted by Crippen LogP contribution is -2.16. The Morgan fingerprint density at radius 3 is 2.81 bits per heavy atom. The van der Waals surface area contributed by atoms with E-state index in [1.165, 1.54) is 5.69 Å². The van der Waals surface area contributed by atoms with Crippen LogP contribution in [-0.2, 0) is 24.2 Å². The number of ether oxygens (including phenoxy) is 1. The largest absolute Gasteiger partial charge is 0.384 e. The zero-order chi connectivity index (χ0) is 12.0. The van der Waals surface area contributed by atoms with Gasteiger partial charge in [0.25, 0.3) is 0 Å². The molecule has 5 nitrogen and oxygen atoms in total. The second-order valence-corrected chi connectivity index (χ2v) is 4.11. The number of nitrogens with one attached hydrogen (secondary N) is 1. The lowest BCUT2D eigenvalue weighted by Gasteiger charge is -2.12. The van der Waals surface area contributed by atoms with E-state index >= 15 is 0 Å². The molecule has 0 aliphatic heterocycles. The van der Waals surface area contributed by atoms with Crippen LogP contribution in [-0.4, -0.2) is 35.8 Å². The van der Waals surface area contributed by atoms with Gasteiger partial charge in [0.05, 0.1) is 18.0 Å². The number of hydrogen-bond acceptors (Lipinski definition) is 4. The normalized spacial score (nSPS) is 13.0. The van der Waals surface area contributed by atoms with Crippen molar-refractivity contribution in [2.75, 3.05) is 20.8 Å². The first-order valence-electron chi connectivity index (χ1n) is 5.77. The van der Waals surface area contributed by atoms with Crippen LogP contribution in [0.2, 0.25) is 0 Å². The van der Waals surface area contributed by atoms with Gasteiger partial charge in [0.2, 0.25) is 0 Å². The predicted octanol–water partition coefficient (Wildman–Crippen LogP) is 0.842. The molecule has 0 saturated heterocycles. The van der Waals surface area contributed by atoms with Crippen LogP contribution in [0.1, 0.15) is 25.2 Å². The lowest BCUT2D eigenvalue weighted by atomic mass is 10.2. The monoisotopic (exact) mass is 226 g/mol. The molecule has 92 valence electrons. The number of aromatic nitrogens is 3. The van der Waals surface area contributed by atoms with Crippen molar-refractivity contribution in [2.24, 2.45) is 5.92 Å². The topological polar surface area (TPSA) is 52.0 Å². The van der Waals surface area contributed by atoms with Crippen molar-refractivity contribution in [1.29, 1.82) is 0 Å². The summed E-state index contributed by atoms with van der Waals surface area (Å²) in [5.74, 6) is 0.458. The summed E-state index contributed by atoms with van der Waals surface area (Å²) < 4.78 is 7.13. The summed E-state index contributed by atoms with van der Waals surface area (Å²) in [6, 6.07) is 0. The van der Waals surface area contributed by atoms with Crippen LogP contribution in [0.3, 0.4) is 0 Å². The molecule has 0 aromatic carbocycles. The average Bonchev–Trinajstić information content (AvgIpc) is 2.61. The van der Waals surface area contributed by atoms with Gasteiger partial charge in [0.1, 0.15) is 0 Å². The fraction of sp³-hybridized carbons (Fsp3) is 0.818. The van der Waals surface area contributed by atoms with Gasteiger partial charge in [0, 0.05) is 20.2 Å². The van der Waals surface area contributed by atoms with Crippen LogP contribution in [0.25, 0.3) is 0 Å². The van der Waals surface area contributed by atoms with Crippen LogP contribution in [0.5, 0.6) is 0 Å². The molecule has 0 aliphatic carbocycles. The summed E-state index contributed by atoms with van der Waals surface area (Å²) in [4.78, 5) is 0. The SMILES string of the molecule is CCc1c(CNC)nnn1CC(C)COC. The number of hydrogen-bond donors (Lipinski definition) is 1. The van der Waals surface area contributed by atoms with Gasteiger partial charge in [0.15, 0.2) is 0 Å². The highest BCUT2D eigenvalue weighted by Crippen LogP contribution is 2.09. The summed E-state index contributed by atoms with van der Waals surface area (Å²) in [5.41, 5.74) is 2.27. The third kappa shape index (κ3) is 3.28. The first-order valence-corrected chi connectivity index (χ1v) is 5.77. The second-order valence-electron chi connectivity index (χ2n) is 4.11. The van der Waals surface area contributed by atoms with E-state index in [2.05, 4.69) is 29.5 Å². The lowest BCUT2D eigenvalue weighted by molar-refractivity contribution is 0.148. The summed E-state index contributed by atoms with van der Waals surface area (Å²) in [6.07, 6.45) is 0.962. The van der Waals surface area contributed by atoms with Gasteiger partial charge in [-0.1, -0.05) is 19.1 Å². The molecule has 0 bridgehead atoms. The molecular formula is C11H22N4O. The standard InChI is InChI=1S/C11H22N4O/c1-5-11-10(6-12-3)13-14-15(11)7-9(2)8-16-4/h9,12H,5-8H2,1-4H3. The molecule has 1 aromatic rings. The molecule has 0 fully saturated rings. The van der Waals surface area contributed by atoms with Crippen LogP contribution < -0.4 is 5.32 Å². The second kappa shape index (κ2) is 6.60. The molecule has 0 radical (unpaired) electrons. The predicted molar refractivity (Wildman–Crippen MR) is 63.2 cm³/mol. The van der Waals surface area contributed by atoms with Crippen LogP contribution in [0.15, 0.2) is 0 Å². The Hall–Kier alpha value is -0.940. The van der Waals surface area contributed by atoms with Crippen LogP contribution >= 0.6 is 0 Å². The summed E-state index contributed by atoms with van der Waals surface area (Å²) in [5, 5.41) is 11.5. The van der Waals surface area contributed by atoms with Gasteiger partial charge >= 0.3 is 0 Å². The molecule has 1 aromatic heterocycles. The fourth-order valence-electron chi connectivity index (χ4n) is 1.84. The number of nitrogens with zero attached hydrogens (tertiary/aromatic N) is 3. The molecule has 0 saturated carbocycles. The molecule has 1 N–H and O–H groups in total. The van der Waals surface area contributed by atoms with Gasteiger partial charge in [-0.25, -0.2) is 4.68 Å². The van der Waals surface area contributed by atoms with E-state index in [4.69, 9.17) is 4.74 Å². The molecule has 0 spiro atoms. The smallest absolute Gasteiger partial charge is 0.0996 e. The minimum absolute atomic E-state index is 0.458. The minimum atomic E-state index is 0.458. The van der Waals surface area contributed by atoms with Crippen molar-refractivity contribution in [3.05, 3.63) is 11.4 Å². The van der Waals surface area contributed by atoms with Crippen molar-refractivity contribution in [2.45, 2.75) is 33.4 Å². The van der Waals surface area contributed by atoms with E-state index in [1.54, 1.807) is 7.11 Å². The Morgan fingerprint density at radius 1 is 1.50 bits per heavy atom. The molecule has 1 rings (SSSR count). The van der Waals surface area contributed by atoms with Crippen molar-refractivity contribution in [3.63, 3.8) is 0 Å². The Labute approximate surface area is 97.2 Å². The third-order valence-electron chi connectivity index (χ3n) is 2.53. The molecule has 1 heterocycles. The molecule has 1 atom stereocenters. The fourth-order valence-corrected chi connectivity index (χ4v) is 1.84. The molecule has 0 amide bonds. The summed E-state index contributed by atoms with van der Waals surface area (Å²) in [7, 11) is 3.65. The van der Waals surface area contributed by atoms with E-state index in [0.29, 0.717) is 5.92 Å².